The van der Waals surface area contributed by atoms with Crippen LogP contribution >= 0.6 is 0 Å². The summed E-state index contributed by atoms with van der Waals surface area (Å²) >= 11 is 0. The number of nitrogens with zero attached hydrogens (tertiary/aromatic N) is 1. The molecule has 1 aliphatic heterocycles. The summed E-state index contributed by atoms with van der Waals surface area (Å²) in [4.78, 5) is 26.8. The molecule has 0 radical (unpaired) electrons. The number of ether oxygens (including phenoxy) is 2. The topological polar surface area (TPSA) is 84.9 Å². The minimum Gasteiger partial charge on any atom is -0.497 e. The molecule has 1 heterocycles. The summed E-state index contributed by atoms with van der Waals surface area (Å²) in [6, 6.07) is 14.2. The van der Waals surface area contributed by atoms with Gasteiger partial charge in [0.2, 0.25) is 11.8 Å². The summed E-state index contributed by atoms with van der Waals surface area (Å²) in [5.41, 5.74) is 0.0993. The normalized spacial score (nSPS) is 15.8. The van der Waals surface area contributed by atoms with Crippen molar-refractivity contribution in [1.82, 2.24) is 0 Å². The van der Waals surface area contributed by atoms with Gasteiger partial charge in [-0.2, -0.15) is 0 Å². The zero-order chi connectivity index (χ0) is 21.0. The monoisotopic (exact) mass is 416 g/mol. The molecule has 0 saturated carbocycles. The second-order valence-corrected chi connectivity index (χ2v) is 8.65. The fourth-order valence-electron chi connectivity index (χ4n) is 3.10. The number of anilines is 2. The quantitative estimate of drug-likeness (QED) is 0.750. The lowest BCUT2D eigenvalue weighted by atomic mass is 9.96. The third-order valence-corrected chi connectivity index (χ3v) is 5.87. The first-order valence-electron chi connectivity index (χ1n) is 9.18. The maximum atomic E-state index is 12.9. The standard InChI is InChI=1S/C21H24N2O5S/c1-21(2)20(25)22-17-6-4-5-7-18(17)23(21)19(24)14-29(26)13-12-28-16-10-8-15(27-3)9-11-16/h4-11H,12-14H2,1-3H3,(H,22,25)/t29-/m0/s1. The van der Waals surface area contributed by atoms with E-state index in [0.29, 0.717) is 17.1 Å². The maximum Gasteiger partial charge on any atom is 0.250 e. The Bertz CT molecular complexity index is 927. The zero-order valence-electron chi connectivity index (χ0n) is 16.6. The third-order valence-electron chi connectivity index (χ3n) is 4.68. The van der Waals surface area contributed by atoms with Crippen LogP contribution in [0.4, 0.5) is 11.4 Å². The Labute approximate surface area is 172 Å². The molecule has 0 unspecified atom stereocenters. The molecule has 2 aromatic rings. The molecular formula is C21H24N2O5S. The molecule has 0 aromatic heterocycles. The van der Waals surface area contributed by atoms with Gasteiger partial charge in [-0.1, -0.05) is 12.1 Å². The number of amides is 2. The Morgan fingerprint density at radius 2 is 1.76 bits per heavy atom. The van der Waals surface area contributed by atoms with Crippen LogP contribution in [-0.4, -0.2) is 46.8 Å². The Balaban J connectivity index is 1.61. The van der Waals surface area contributed by atoms with E-state index in [9.17, 15) is 13.8 Å². The molecule has 29 heavy (non-hydrogen) atoms. The molecule has 0 bridgehead atoms. The summed E-state index contributed by atoms with van der Waals surface area (Å²) in [6.45, 7) is 3.56. The molecular weight excluding hydrogens is 392 g/mol. The van der Waals surface area contributed by atoms with Crippen molar-refractivity contribution in [1.29, 1.82) is 0 Å². The SMILES string of the molecule is COc1ccc(OCC[S@](=O)CC(=O)N2c3ccccc3NC(=O)C2(C)C)cc1. The van der Waals surface area contributed by atoms with Crippen LogP contribution in [0.2, 0.25) is 0 Å². The van der Waals surface area contributed by atoms with Gasteiger partial charge in [0.05, 0.1) is 30.8 Å². The Hall–Kier alpha value is -2.87. The Morgan fingerprint density at radius 3 is 2.45 bits per heavy atom. The molecule has 1 N–H and O–H groups in total. The van der Waals surface area contributed by atoms with Gasteiger partial charge >= 0.3 is 0 Å². The van der Waals surface area contributed by atoms with Crippen LogP contribution in [-0.2, 0) is 20.4 Å². The second kappa shape index (κ2) is 8.65. The number of carbonyl (C=O) groups is 2. The second-order valence-electron chi connectivity index (χ2n) is 7.07. The Kier molecular flexibility index (Phi) is 6.22. The first kappa shape index (κ1) is 20.9. The van der Waals surface area contributed by atoms with Gasteiger partial charge in [0, 0.05) is 10.8 Å². The number of para-hydroxylation sites is 2. The van der Waals surface area contributed by atoms with E-state index in [1.54, 1.807) is 69.5 Å². The van der Waals surface area contributed by atoms with Crippen LogP contribution in [0.15, 0.2) is 48.5 Å². The number of fused-ring (bicyclic) bond motifs is 1. The van der Waals surface area contributed by atoms with Gasteiger partial charge in [0.15, 0.2) is 0 Å². The number of benzene rings is 2. The Morgan fingerprint density at radius 1 is 1.10 bits per heavy atom. The zero-order valence-corrected chi connectivity index (χ0v) is 17.5. The van der Waals surface area contributed by atoms with Gasteiger partial charge in [-0.25, -0.2) is 0 Å². The van der Waals surface area contributed by atoms with E-state index >= 15 is 0 Å². The van der Waals surface area contributed by atoms with Crippen LogP contribution in [0, 0.1) is 0 Å². The summed E-state index contributed by atoms with van der Waals surface area (Å²) < 4.78 is 23.1. The highest BCUT2D eigenvalue weighted by Gasteiger charge is 2.43. The van der Waals surface area contributed by atoms with Crippen LogP contribution in [0.1, 0.15) is 13.8 Å². The van der Waals surface area contributed by atoms with Crippen molar-refractivity contribution in [3.8, 4) is 11.5 Å². The van der Waals surface area contributed by atoms with E-state index < -0.39 is 16.3 Å². The smallest absolute Gasteiger partial charge is 0.250 e. The van der Waals surface area contributed by atoms with E-state index in [-0.39, 0.29) is 29.9 Å². The lowest BCUT2D eigenvalue weighted by molar-refractivity contribution is -0.125. The maximum absolute atomic E-state index is 12.9. The molecule has 3 rings (SSSR count). The number of carbonyl (C=O) groups excluding carboxylic acids is 2. The van der Waals surface area contributed by atoms with Gasteiger partial charge in [-0.15, -0.1) is 0 Å². The summed E-state index contributed by atoms with van der Waals surface area (Å²) in [6.07, 6.45) is 0. The molecule has 1 atom stereocenters. The molecule has 2 amide bonds. The van der Waals surface area contributed by atoms with Crippen LogP contribution in [0.5, 0.6) is 11.5 Å². The van der Waals surface area contributed by atoms with E-state index in [4.69, 9.17) is 9.47 Å². The number of hydrogen-bond acceptors (Lipinski definition) is 5. The first-order valence-corrected chi connectivity index (χ1v) is 10.7. The van der Waals surface area contributed by atoms with E-state index in [2.05, 4.69) is 5.32 Å². The van der Waals surface area contributed by atoms with Gasteiger partial charge in [-0.05, 0) is 50.2 Å². The molecule has 1 aliphatic rings. The van der Waals surface area contributed by atoms with Crippen LogP contribution < -0.4 is 19.7 Å². The molecule has 0 spiro atoms. The van der Waals surface area contributed by atoms with Gasteiger partial charge in [0.25, 0.3) is 0 Å². The predicted molar refractivity (Wildman–Crippen MR) is 113 cm³/mol. The molecule has 0 fully saturated rings. The fourth-order valence-corrected chi connectivity index (χ4v) is 3.92. The van der Waals surface area contributed by atoms with Crippen molar-refractivity contribution in [3.05, 3.63) is 48.5 Å². The molecule has 0 aliphatic carbocycles. The number of nitrogens with one attached hydrogen (secondary N) is 1. The average Bonchev–Trinajstić information content (AvgIpc) is 2.69. The van der Waals surface area contributed by atoms with Gasteiger partial charge < -0.3 is 14.8 Å². The van der Waals surface area contributed by atoms with Crippen LogP contribution in [0.3, 0.4) is 0 Å². The average molecular weight is 416 g/mol. The fraction of sp³-hybridized carbons (Fsp3) is 0.333. The van der Waals surface area contributed by atoms with Gasteiger partial charge in [-0.3, -0.25) is 18.7 Å². The minimum atomic E-state index is -1.43. The number of rotatable bonds is 7. The summed E-state index contributed by atoms with van der Waals surface area (Å²) in [5.74, 6) is 0.742. The number of methoxy groups -OCH3 is 1. The lowest BCUT2D eigenvalue weighted by Gasteiger charge is -2.42. The van der Waals surface area contributed by atoms with Crippen molar-refractivity contribution in [2.45, 2.75) is 19.4 Å². The first-order chi connectivity index (χ1) is 13.8. The predicted octanol–water partition coefficient (Wildman–Crippen LogP) is 2.59. The molecule has 0 saturated heterocycles. The molecule has 2 aromatic carbocycles. The van der Waals surface area contributed by atoms with Gasteiger partial charge in [0.1, 0.15) is 22.8 Å². The molecule has 7 nitrogen and oxygen atoms in total. The summed E-state index contributed by atoms with van der Waals surface area (Å²) in [7, 11) is 0.160. The largest absolute Gasteiger partial charge is 0.497 e. The third kappa shape index (κ3) is 4.59. The molecule has 8 heteroatoms. The van der Waals surface area contributed by atoms with Crippen molar-refractivity contribution >= 4 is 34.0 Å². The highest BCUT2D eigenvalue weighted by atomic mass is 32.2. The highest BCUT2D eigenvalue weighted by Crippen LogP contribution is 2.36. The van der Waals surface area contributed by atoms with Crippen molar-refractivity contribution < 1.29 is 23.3 Å². The van der Waals surface area contributed by atoms with Crippen molar-refractivity contribution in [3.63, 3.8) is 0 Å². The van der Waals surface area contributed by atoms with Crippen LogP contribution in [0.25, 0.3) is 0 Å². The van der Waals surface area contributed by atoms with Crippen molar-refractivity contribution in [2.75, 3.05) is 35.4 Å². The minimum absolute atomic E-state index is 0.184. The van der Waals surface area contributed by atoms with E-state index in [0.717, 1.165) is 5.75 Å². The lowest BCUT2D eigenvalue weighted by Crippen LogP contribution is -2.59. The number of hydrogen-bond donors (Lipinski definition) is 1. The molecule has 154 valence electrons. The van der Waals surface area contributed by atoms with Crippen molar-refractivity contribution in [2.24, 2.45) is 0 Å². The van der Waals surface area contributed by atoms with E-state index in [1.807, 2.05) is 0 Å². The highest BCUT2D eigenvalue weighted by molar-refractivity contribution is 7.85. The summed E-state index contributed by atoms with van der Waals surface area (Å²) in [5, 5.41) is 2.81. The van der Waals surface area contributed by atoms with E-state index in [1.165, 1.54) is 4.90 Å².